The van der Waals surface area contributed by atoms with Gasteiger partial charge in [0.15, 0.2) is 5.96 Å². The van der Waals surface area contributed by atoms with E-state index in [0.29, 0.717) is 18.4 Å². The van der Waals surface area contributed by atoms with Crippen LogP contribution in [0.15, 0.2) is 29.3 Å². The van der Waals surface area contributed by atoms with Gasteiger partial charge in [0.1, 0.15) is 23.9 Å². The number of nitrogens with zero attached hydrogens (tertiary/aromatic N) is 1. The van der Waals surface area contributed by atoms with Crippen LogP contribution >= 0.6 is 0 Å². The van der Waals surface area contributed by atoms with Gasteiger partial charge in [-0.05, 0) is 56.7 Å². The Morgan fingerprint density at radius 1 is 0.844 bits per heavy atom. The summed E-state index contributed by atoms with van der Waals surface area (Å²) in [6, 6.07) is 1.52. The van der Waals surface area contributed by atoms with Crippen molar-refractivity contribution in [2.24, 2.45) is 28.1 Å². The van der Waals surface area contributed by atoms with Gasteiger partial charge in [0.2, 0.25) is 29.5 Å². The standard InChI is InChI=1S/C29H49N9O7/c1-16(2)12-21(30)26(43)36-18(4)25(42)38-22(6-5-11-33-29(31)32)27(44)34-14-24(41)37-23(28(45)35-17(3)15-39)13-19-7-9-20(40)10-8-19/h7-10,16-18,21-23,39-40H,5-6,11-15,30H2,1-4H3,(H,34,44)(H,35,45)(H,36,43)(H,37,41)(H,38,42)(H4,31,32,33)/t17-,18-,21-,22-,23-/m0/s1. The third kappa shape index (κ3) is 15.7. The van der Waals surface area contributed by atoms with Crippen molar-refractivity contribution in [3.63, 3.8) is 0 Å². The van der Waals surface area contributed by atoms with Crippen LogP contribution in [-0.2, 0) is 30.4 Å². The Labute approximate surface area is 263 Å². The van der Waals surface area contributed by atoms with Crippen molar-refractivity contribution in [2.45, 2.75) is 83.6 Å². The van der Waals surface area contributed by atoms with E-state index >= 15 is 0 Å². The molecule has 16 nitrogen and oxygen atoms in total. The first kappa shape index (κ1) is 38.6. The molecular formula is C29H49N9O7. The number of aromatic hydroxyl groups is 1. The molecule has 13 N–H and O–H groups in total. The van der Waals surface area contributed by atoms with E-state index in [0.717, 1.165) is 0 Å². The summed E-state index contributed by atoms with van der Waals surface area (Å²) in [6.07, 6.45) is 0.905. The Morgan fingerprint density at radius 2 is 1.49 bits per heavy atom. The van der Waals surface area contributed by atoms with Gasteiger partial charge in [-0.25, -0.2) is 0 Å². The predicted molar refractivity (Wildman–Crippen MR) is 168 cm³/mol. The van der Waals surface area contributed by atoms with Crippen molar-refractivity contribution in [2.75, 3.05) is 19.7 Å². The zero-order valence-corrected chi connectivity index (χ0v) is 26.3. The van der Waals surface area contributed by atoms with Gasteiger partial charge in [-0.3, -0.25) is 29.0 Å². The van der Waals surface area contributed by atoms with Crippen molar-refractivity contribution >= 4 is 35.5 Å². The average Bonchev–Trinajstić information content (AvgIpc) is 2.97. The van der Waals surface area contributed by atoms with Crippen LogP contribution < -0.4 is 43.8 Å². The summed E-state index contributed by atoms with van der Waals surface area (Å²) in [6.45, 7) is 6.21. The molecule has 0 heterocycles. The SMILES string of the molecule is CC(C)C[C@H](N)C(=O)N[C@@H](C)C(=O)N[C@@H](CCCN=C(N)N)C(=O)NCC(=O)N[C@@H](Cc1ccc(O)cc1)C(=O)N[C@@H](C)CO. The second-order valence-corrected chi connectivity index (χ2v) is 11.3. The van der Waals surface area contributed by atoms with E-state index in [-0.39, 0.29) is 43.6 Å². The number of phenols is 1. The molecule has 0 bridgehead atoms. The van der Waals surface area contributed by atoms with E-state index < -0.39 is 66.3 Å². The van der Waals surface area contributed by atoms with Crippen molar-refractivity contribution in [3.8, 4) is 5.75 Å². The Hall–Kier alpha value is -4.44. The first-order valence-electron chi connectivity index (χ1n) is 14.8. The van der Waals surface area contributed by atoms with E-state index in [1.54, 1.807) is 19.1 Å². The highest BCUT2D eigenvalue weighted by molar-refractivity contribution is 5.94. The lowest BCUT2D eigenvalue weighted by molar-refractivity contribution is -0.133. The van der Waals surface area contributed by atoms with Gasteiger partial charge in [0.25, 0.3) is 0 Å². The minimum absolute atomic E-state index is 0.0341. The maximum absolute atomic E-state index is 13.1. The Morgan fingerprint density at radius 3 is 2.07 bits per heavy atom. The Bertz CT molecular complexity index is 1160. The van der Waals surface area contributed by atoms with E-state index in [4.69, 9.17) is 17.2 Å². The quantitative estimate of drug-likeness (QED) is 0.0431. The molecule has 0 saturated heterocycles. The number of aliphatic hydroxyl groups is 1. The molecule has 0 fully saturated rings. The number of carbonyl (C=O) groups is 5. The molecule has 0 radical (unpaired) electrons. The number of hydrogen-bond donors (Lipinski definition) is 10. The summed E-state index contributed by atoms with van der Waals surface area (Å²) in [5.41, 5.74) is 17.2. The molecule has 0 spiro atoms. The van der Waals surface area contributed by atoms with Crippen LogP contribution in [0.3, 0.4) is 0 Å². The first-order chi connectivity index (χ1) is 21.1. The second kappa shape index (κ2) is 19.8. The molecule has 1 rings (SSSR count). The molecule has 45 heavy (non-hydrogen) atoms. The maximum atomic E-state index is 13.1. The fourth-order valence-corrected chi connectivity index (χ4v) is 4.07. The number of hydrogen-bond acceptors (Lipinski definition) is 9. The van der Waals surface area contributed by atoms with E-state index in [1.165, 1.54) is 19.1 Å². The molecule has 0 aromatic heterocycles. The minimum Gasteiger partial charge on any atom is -0.508 e. The molecule has 0 aliphatic heterocycles. The lowest BCUT2D eigenvalue weighted by atomic mass is 10.0. The number of amides is 5. The number of aliphatic hydroxyl groups excluding tert-OH is 1. The van der Waals surface area contributed by atoms with Gasteiger partial charge in [0.05, 0.1) is 19.2 Å². The number of nitrogens with one attached hydrogen (secondary N) is 5. The van der Waals surface area contributed by atoms with Crippen molar-refractivity contribution in [1.82, 2.24) is 26.6 Å². The maximum Gasteiger partial charge on any atom is 0.243 e. The molecule has 0 aliphatic rings. The summed E-state index contributed by atoms with van der Waals surface area (Å²) in [5, 5.41) is 31.6. The number of benzene rings is 1. The highest BCUT2D eigenvalue weighted by atomic mass is 16.3. The van der Waals surface area contributed by atoms with Crippen LogP contribution in [0.1, 0.15) is 52.5 Å². The molecule has 0 aliphatic carbocycles. The normalized spacial score (nSPS) is 14.2. The van der Waals surface area contributed by atoms with Crippen molar-refractivity contribution in [1.29, 1.82) is 0 Å². The average molecular weight is 636 g/mol. The summed E-state index contributed by atoms with van der Waals surface area (Å²) in [5.74, 6) is -3.01. The fourth-order valence-electron chi connectivity index (χ4n) is 4.07. The lowest BCUT2D eigenvalue weighted by Gasteiger charge is -2.23. The van der Waals surface area contributed by atoms with Crippen molar-refractivity contribution in [3.05, 3.63) is 29.8 Å². The monoisotopic (exact) mass is 635 g/mol. The van der Waals surface area contributed by atoms with Crippen molar-refractivity contribution < 1.29 is 34.2 Å². The molecule has 5 amide bonds. The molecule has 1 aromatic rings. The van der Waals surface area contributed by atoms with E-state index in [9.17, 15) is 34.2 Å². The van der Waals surface area contributed by atoms with E-state index in [2.05, 4.69) is 31.6 Å². The molecule has 252 valence electrons. The number of guanidine groups is 1. The number of nitrogens with two attached hydrogens (primary N) is 3. The zero-order chi connectivity index (χ0) is 34.1. The van der Waals surface area contributed by atoms with Crippen LogP contribution in [0.2, 0.25) is 0 Å². The molecule has 5 atom stereocenters. The Balaban J connectivity index is 2.91. The largest absolute Gasteiger partial charge is 0.508 e. The molecular weight excluding hydrogens is 586 g/mol. The van der Waals surface area contributed by atoms with Gasteiger partial charge >= 0.3 is 0 Å². The van der Waals surface area contributed by atoms with Crippen LogP contribution in [-0.4, -0.2) is 95.6 Å². The van der Waals surface area contributed by atoms with Gasteiger partial charge < -0.3 is 54.0 Å². The first-order valence-corrected chi connectivity index (χ1v) is 14.8. The van der Waals surface area contributed by atoms with Gasteiger partial charge in [-0.15, -0.1) is 0 Å². The number of phenolic OH excluding ortho intramolecular Hbond substituents is 1. The zero-order valence-electron chi connectivity index (χ0n) is 26.3. The lowest BCUT2D eigenvalue weighted by Crippen LogP contribution is -2.56. The second-order valence-electron chi connectivity index (χ2n) is 11.3. The van der Waals surface area contributed by atoms with Gasteiger partial charge in [-0.1, -0.05) is 26.0 Å². The Kier molecular flexibility index (Phi) is 16.9. The summed E-state index contributed by atoms with van der Waals surface area (Å²) in [7, 11) is 0. The van der Waals surface area contributed by atoms with Gasteiger partial charge in [0, 0.05) is 19.0 Å². The van der Waals surface area contributed by atoms with Crippen LogP contribution in [0, 0.1) is 5.92 Å². The van der Waals surface area contributed by atoms with E-state index in [1.807, 2.05) is 13.8 Å². The molecule has 0 unspecified atom stereocenters. The number of aliphatic imine (C=N–C) groups is 1. The van der Waals surface area contributed by atoms with Crippen LogP contribution in [0.25, 0.3) is 0 Å². The number of carbonyl (C=O) groups excluding carboxylic acids is 5. The van der Waals surface area contributed by atoms with Crippen LogP contribution in [0.5, 0.6) is 5.75 Å². The molecule has 16 heteroatoms. The highest BCUT2D eigenvalue weighted by Crippen LogP contribution is 2.12. The smallest absolute Gasteiger partial charge is 0.243 e. The number of rotatable bonds is 19. The van der Waals surface area contributed by atoms with Crippen LogP contribution in [0.4, 0.5) is 0 Å². The third-order valence-corrected chi connectivity index (χ3v) is 6.51. The summed E-state index contributed by atoms with van der Waals surface area (Å²) in [4.78, 5) is 67.9. The summed E-state index contributed by atoms with van der Waals surface area (Å²) < 4.78 is 0. The minimum atomic E-state index is -1.11. The topological polar surface area (TPSA) is 276 Å². The predicted octanol–water partition coefficient (Wildman–Crippen LogP) is -2.55. The highest BCUT2D eigenvalue weighted by Gasteiger charge is 2.27. The molecule has 1 aromatic carbocycles. The summed E-state index contributed by atoms with van der Waals surface area (Å²) >= 11 is 0. The third-order valence-electron chi connectivity index (χ3n) is 6.51. The van der Waals surface area contributed by atoms with Gasteiger partial charge in [-0.2, -0.15) is 0 Å². The fraction of sp³-hybridized carbons (Fsp3) is 0.586. The molecule has 0 saturated carbocycles.